The largest absolute Gasteiger partial charge is 0.372 e. The molecule has 0 radical (unpaired) electrons. The molecular formula is C18H19N3S. The molecule has 0 unspecified atom stereocenters. The Morgan fingerprint density at radius 1 is 0.955 bits per heavy atom. The van der Waals surface area contributed by atoms with Gasteiger partial charge in [0.05, 0.1) is 0 Å². The molecule has 3 nitrogen and oxygen atoms in total. The van der Waals surface area contributed by atoms with Crippen LogP contribution in [0.2, 0.25) is 0 Å². The minimum atomic E-state index is 0.211. The quantitative estimate of drug-likeness (QED) is 0.929. The summed E-state index contributed by atoms with van der Waals surface area (Å²) in [6.45, 7) is 2.38. The summed E-state index contributed by atoms with van der Waals surface area (Å²) in [4.78, 5) is 2.46. The van der Waals surface area contributed by atoms with Gasteiger partial charge >= 0.3 is 0 Å². The molecular weight excluding hydrogens is 290 g/mol. The van der Waals surface area contributed by atoms with Crippen LogP contribution in [0.15, 0.2) is 59.7 Å². The zero-order valence-corrected chi connectivity index (χ0v) is 13.2. The third-order valence-electron chi connectivity index (χ3n) is 4.20. The zero-order chi connectivity index (χ0) is 14.8. The molecule has 4 rings (SSSR count). The standard InChI is InChI=1S/C18H19N3S/c1-2-6-14(7-3-1)17-19-20-18(22-17)15-8-10-16(11-9-15)21-12-4-5-13-21/h1-3,6-11,18,20H,4-5,12-13H2/t18-/m0/s1. The molecule has 2 heterocycles. The number of hydrazone groups is 1. The third-order valence-corrected chi connectivity index (χ3v) is 5.36. The Balaban J connectivity index is 1.45. The van der Waals surface area contributed by atoms with Gasteiger partial charge in [-0.05, 0) is 30.5 Å². The van der Waals surface area contributed by atoms with Gasteiger partial charge in [0.2, 0.25) is 0 Å². The molecule has 0 bridgehead atoms. The van der Waals surface area contributed by atoms with Crippen LogP contribution in [0.4, 0.5) is 5.69 Å². The molecule has 1 saturated heterocycles. The maximum atomic E-state index is 4.48. The van der Waals surface area contributed by atoms with E-state index in [1.807, 2.05) is 6.07 Å². The van der Waals surface area contributed by atoms with E-state index in [-0.39, 0.29) is 5.37 Å². The molecule has 2 aromatic carbocycles. The Bertz CT molecular complexity index is 660. The van der Waals surface area contributed by atoms with Crippen LogP contribution in [0.3, 0.4) is 0 Å². The molecule has 1 N–H and O–H groups in total. The fraction of sp³-hybridized carbons (Fsp3) is 0.278. The smallest absolute Gasteiger partial charge is 0.126 e. The first-order chi connectivity index (χ1) is 10.9. The van der Waals surface area contributed by atoms with Crippen LogP contribution in [-0.2, 0) is 0 Å². The summed E-state index contributed by atoms with van der Waals surface area (Å²) < 4.78 is 0. The van der Waals surface area contributed by atoms with Gasteiger partial charge in [-0.2, -0.15) is 5.10 Å². The van der Waals surface area contributed by atoms with E-state index in [1.54, 1.807) is 11.8 Å². The van der Waals surface area contributed by atoms with Crippen LogP contribution in [0, 0.1) is 0 Å². The highest BCUT2D eigenvalue weighted by Crippen LogP contribution is 2.35. The van der Waals surface area contributed by atoms with Crippen molar-refractivity contribution >= 4 is 22.5 Å². The zero-order valence-electron chi connectivity index (χ0n) is 12.4. The van der Waals surface area contributed by atoms with Crippen molar-refractivity contribution in [1.82, 2.24) is 5.43 Å². The van der Waals surface area contributed by atoms with Crippen molar-refractivity contribution in [2.24, 2.45) is 5.10 Å². The Morgan fingerprint density at radius 2 is 1.68 bits per heavy atom. The second kappa shape index (κ2) is 6.05. The Kier molecular flexibility index (Phi) is 3.77. The van der Waals surface area contributed by atoms with Gasteiger partial charge in [0.1, 0.15) is 10.4 Å². The number of hydrogen-bond donors (Lipinski definition) is 1. The predicted molar refractivity (Wildman–Crippen MR) is 94.3 cm³/mol. The molecule has 0 saturated carbocycles. The second-order valence-electron chi connectivity index (χ2n) is 5.70. The molecule has 22 heavy (non-hydrogen) atoms. The first-order valence-corrected chi connectivity index (χ1v) is 8.68. The summed E-state index contributed by atoms with van der Waals surface area (Å²) in [5, 5.41) is 5.76. The van der Waals surface area contributed by atoms with Gasteiger partial charge in [-0.3, -0.25) is 5.43 Å². The van der Waals surface area contributed by atoms with Crippen LogP contribution in [0.5, 0.6) is 0 Å². The molecule has 4 heteroatoms. The van der Waals surface area contributed by atoms with E-state index in [1.165, 1.54) is 42.7 Å². The summed E-state index contributed by atoms with van der Waals surface area (Å²) in [5.41, 5.74) is 7.05. The van der Waals surface area contributed by atoms with E-state index in [0.29, 0.717) is 0 Å². The lowest BCUT2D eigenvalue weighted by atomic mass is 10.2. The molecule has 2 aliphatic heterocycles. The van der Waals surface area contributed by atoms with Crippen molar-refractivity contribution in [2.75, 3.05) is 18.0 Å². The predicted octanol–water partition coefficient (Wildman–Crippen LogP) is 3.98. The third kappa shape index (κ3) is 2.71. The normalized spacial score (nSPS) is 20.8. The number of thioether (sulfide) groups is 1. The van der Waals surface area contributed by atoms with Crippen molar-refractivity contribution in [3.05, 3.63) is 65.7 Å². The van der Waals surface area contributed by atoms with E-state index in [0.717, 1.165) is 5.04 Å². The summed E-state index contributed by atoms with van der Waals surface area (Å²) in [6.07, 6.45) is 2.63. The monoisotopic (exact) mass is 309 g/mol. The molecule has 0 aliphatic carbocycles. The van der Waals surface area contributed by atoms with Gasteiger partial charge in [0, 0.05) is 24.3 Å². The first-order valence-electron chi connectivity index (χ1n) is 7.80. The Labute approximate surface area is 135 Å². The summed E-state index contributed by atoms with van der Waals surface area (Å²) in [7, 11) is 0. The minimum Gasteiger partial charge on any atom is -0.372 e. The summed E-state index contributed by atoms with van der Waals surface area (Å²) >= 11 is 1.78. The number of hydrogen-bond acceptors (Lipinski definition) is 4. The lowest BCUT2D eigenvalue weighted by molar-refractivity contribution is 0.743. The summed E-state index contributed by atoms with van der Waals surface area (Å²) in [6, 6.07) is 19.3. The molecule has 1 atom stereocenters. The van der Waals surface area contributed by atoms with Gasteiger partial charge in [-0.25, -0.2) is 0 Å². The molecule has 1 fully saturated rings. The van der Waals surface area contributed by atoms with Gasteiger partial charge in [-0.15, -0.1) is 0 Å². The maximum Gasteiger partial charge on any atom is 0.126 e. The fourth-order valence-corrected chi connectivity index (χ4v) is 3.97. The topological polar surface area (TPSA) is 27.6 Å². The van der Waals surface area contributed by atoms with Crippen molar-refractivity contribution in [2.45, 2.75) is 18.2 Å². The van der Waals surface area contributed by atoms with E-state index in [2.05, 4.69) is 64.0 Å². The number of rotatable bonds is 3. The Hall–Kier alpha value is -1.94. The van der Waals surface area contributed by atoms with Crippen molar-refractivity contribution in [1.29, 1.82) is 0 Å². The number of anilines is 1. The molecule has 112 valence electrons. The second-order valence-corrected chi connectivity index (χ2v) is 6.79. The van der Waals surface area contributed by atoms with Gasteiger partial charge in [0.15, 0.2) is 0 Å². The van der Waals surface area contributed by atoms with E-state index < -0.39 is 0 Å². The van der Waals surface area contributed by atoms with E-state index in [4.69, 9.17) is 0 Å². The van der Waals surface area contributed by atoms with Crippen LogP contribution >= 0.6 is 11.8 Å². The van der Waals surface area contributed by atoms with Crippen LogP contribution in [-0.4, -0.2) is 18.1 Å². The van der Waals surface area contributed by atoms with Crippen molar-refractivity contribution < 1.29 is 0 Å². The fourth-order valence-electron chi connectivity index (χ4n) is 2.97. The van der Waals surface area contributed by atoms with E-state index in [9.17, 15) is 0 Å². The minimum absolute atomic E-state index is 0.211. The molecule has 0 amide bonds. The molecule has 0 spiro atoms. The van der Waals surface area contributed by atoms with Crippen LogP contribution < -0.4 is 10.3 Å². The van der Waals surface area contributed by atoms with Crippen LogP contribution in [0.25, 0.3) is 0 Å². The lowest BCUT2D eigenvalue weighted by Gasteiger charge is -2.18. The number of nitrogens with zero attached hydrogens (tertiary/aromatic N) is 2. The average Bonchev–Trinajstić information content (AvgIpc) is 3.28. The summed E-state index contributed by atoms with van der Waals surface area (Å²) in [5.74, 6) is 0. The number of benzene rings is 2. The average molecular weight is 309 g/mol. The van der Waals surface area contributed by atoms with Gasteiger partial charge in [-0.1, -0.05) is 54.2 Å². The van der Waals surface area contributed by atoms with Gasteiger partial charge < -0.3 is 4.90 Å². The maximum absolute atomic E-state index is 4.48. The van der Waals surface area contributed by atoms with E-state index >= 15 is 0 Å². The highest BCUT2D eigenvalue weighted by atomic mass is 32.2. The van der Waals surface area contributed by atoms with Crippen molar-refractivity contribution in [3.8, 4) is 0 Å². The van der Waals surface area contributed by atoms with Crippen molar-refractivity contribution in [3.63, 3.8) is 0 Å². The molecule has 0 aromatic heterocycles. The highest BCUT2D eigenvalue weighted by Gasteiger charge is 2.22. The lowest BCUT2D eigenvalue weighted by Crippen LogP contribution is -2.17. The van der Waals surface area contributed by atoms with Crippen LogP contribution in [0.1, 0.15) is 29.3 Å². The van der Waals surface area contributed by atoms with Gasteiger partial charge in [0.25, 0.3) is 0 Å². The Morgan fingerprint density at radius 3 is 2.41 bits per heavy atom. The number of nitrogens with one attached hydrogen (secondary N) is 1. The molecule has 2 aliphatic rings. The highest BCUT2D eigenvalue weighted by molar-refractivity contribution is 8.14. The molecule has 2 aromatic rings. The SMILES string of the molecule is c1ccc(C2=NN[C@H](c3ccc(N4CCCC4)cc3)S2)cc1. The first kappa shape index (κ1) is 13.7.